The SMILES string of the molecule is COc1ccc(OC)c(C(=O)Cc2ccco2)c1. The molecular formula is C14H14O4. The van der Waals surface area contributed by atoms with Gasteiger partial charge in [-0.15, -0.1) is 0 Å². The highest BCUT2D eigenvalue weighted by molar-refractivity contribution is 6.00. The van der Waals surface area contributed by atoms with Crippen LogP contribution in [0.15, 0.2) is 41.0 Å². The van der Waals surface area contributed by atoms with Crippen LogP contribution in [0.5, 0.6) is 11.5 Å². The Morgan fingerprint density at radius 2 is 2.06 bits per heavy atom. The molecule has 4 nitrogen and oxygen atoms in total. The number of hydrogen-bond acceptors (Lipinski definition) is 4. The first-order chi connectivity index (χ1) is 8.74. The van der Waals surface area contributed by atoms with Crippen molar-refractivity contribution in [2.45, 2.75) is 6.42 Å². The Morgan fingerprint density at radius 3 is 2.67 bits per heavy atom. The molecule has 0 aliphatic heterocycles. The third kappa shape index (κ3) is 2.53. The molecule has 1 aromatic heterocycles. The van der Waals surface area contributed by atoms with Crippen LogP contribution >= 0.6 is 0 Å². The van der Waals surface area contributed by atoms with E-state index < -0.39 is 0 Å². The zero-order valence-electron chi connectivity index (χ0n) is 10.3. The zero-order chi connectivity index (χ0) is 13.0. The van der Waals surface area contributed by atoms with E-state index >= 15 is 0 Å². The van der Waals surface area contributed by atoms with Crippen molar-refractivity contribution < 1.29 is 18.7 Å². The highest BCUT2D eigenvalue weighted by Crippen LogP contribution is 2.25. The lowest BCUT2D eigenvalue weighted by atomic mass is 10.1. The Hall–Kier alpha value is -2.23. The number of benzene rings is 1. The first-order valence-electron chi connectivity index (χ1n) is 5.52. The molecule has 0 amide bonds. The molecule has 0 radical (unpaired) electrons. The van der Waals surface area contributed by atoms with Gasteiger partial charge in [0.2, 0.25) is 0 Å². The fourth-order valence-electron chi connectivity index (χ4n) is 1.70. The van der Waals surface area contributed by atoms with Crippen molar-refractivity contribution in [1.29, 1.82) is 0 Å². The van der Waals surface area contributed by atoms with Crippen molar-refractivity contribution in [2.24, 2.45) is 0 Å². The molecule has 18 heavy (non-hydrogen) atoms. The molecule has 94 valence electrons. The molecule has 0 saturated heterocycles. The Kier molecular flexibility index (Phi) is 3.67. The van der Waals surface area contributed by atoms with Crippen LogP contribution in [0.1, 0.15) is 16.1 Å². The van der Waals surface area contributed by atoms with Gasteiger partial charge in [-0.2, -0.15) is 0 Å². The molecule has 0 spiro atoms. The van der Waals surface area contributed by atoms with Crippen LogP contribution in [0.3, 0.4) is 0 Å². The summed E-state index contributed by atoms with van der Waals surface area (Å²) in [5, 5.41) is 0. The number of furan rings is 1. The molecule has 0 aliphatic carbocycles. The van der Waals surface area contributed by atoms with E-state index in [0.29, 0.717) is 22.8 Å². The minimum absolute atomic E-state index is 0.0688. The second-order valence-electron chi connectivity index (χ2n) is 3.75. The lowest BCUT2D eigenvalue weighted by molar-refractivity contribution is 0.0983. The quantitative estimate of drug-likeness (QED) is 0.761. The summed E-state index contributed by atoms with van der Waals surface area (Å²) in [5.41, 5.74) is 0.494. The Balaban J connectivity index is 2.27. The highest BCUT2D eigenvalue weighted by Gasteiger charge is 2.15. The van der Waals surface area contributed by atoms with E-state index in [4.69, 9.17) is 13.9 Å². The van der Waals surface area contributed by atoms with Crippen molar-refractivity contribution in [1.82, 2.24) is 0 Å². The molecule has 0 fully saturated rings. The second kappa shape index (κ2) is 5.40. The van der Waals surface area contributed by atoms with E-state index in [1.807, 2.05) is 0 Å². The lowest BCUT2D eigenvalue weighted by Crippen LogP contribution is -2.05. The number of hydrogen-bond donors (Lipinski definition) is 0. The summed E-state index contributed by atoms with van der Waals surface area (Å²) in [4.78, 5) is 12.2. The molecule has 1 heterocycles. The smallest absolute Gasteiger partial charge is 0.174 e. The van der Waals surface area contributed by atoms with Crippen LogP contribution in [-0.2, 0) is 6.42 Å². The Morgan fingerprint density at radius 1 is 1.22 bits per heavy atom. The van der Waals surface area contributed by atoms with E-state index in [1.54, 1.807) is 43.7 Å². The van der Waals surface area contributed by atoms with Gasteiger partial charge < -0.3 is 13.9 Å². The van der Waals surface area contributed by atoms with Crippen molar-refractivity contribution in [3.05, 3.63) is 47.9 Å². The van der Waals surface area contributed by atoms with Crippen LogP contribution in [0.4, 0.5) is 0 Å². The number of carbonyl (C=O) groups excluding carboxylic acids is 1. The predicted molar refractivity (Wildman–Crippen MR) is 66.3 cm³/mol. The zero-order valence-corrected chi connectivity index (χ0v) is 10.3. The van der Waals surface area contributed by atoms with Gasteiger partial charge in [-0.05, 0) is 30.3 Å². The van der Waals surface area contributed by atoms with Gasteiger partial charge in [0.15, 0.2) is 5.78 Å². The first-order valence-corrected chi connectivity index (χ1v) is 5.52. The van der Waals surface area contributed by atoms with Gasteiger partial charge in [-0.25, -0.2) is 0 Å². The average molecular weight is 246 g/mol. The first kappa shape index (κ1) is 12.2. The predicted octanol–water partition coefficient (Wildman–Crippen LogP) is 2.72. The van der Waals surface area contributed by atoms with Crippen LogP contribution < -0.4 is 9.47 Å². The summed E-state index contributed by atoms with van der Waals surface area (Å²) < 4.78 is 15.4. The summed E-state index contributed by atoms with van der Waals surface area (Å²) in [6, 6.07) is 8.66. The van der Waals surface area contributed by atoms with Crippen molar-refractivity contribution >= 4 is 5.78 Å². The van der Waals surface area contributed by atoms with Gasteiger partial charge in [0, 0.05) is 0 Å². The Bertz CT molecular complexity index is 529. The van der Waals surface area contributed by atoms with Crippen molar-refractivity contribution in [2.75, 3.05) is 14.2 Å². The number of methoxy groups -OCH3 is 2. The minimum atomic E-state index is -0.0688. The maximum Gasteiger partial charge on any atom is 0.174 e. The summed E-state index contributed by atoms with van der Waals surface area (Å²) >= 11 is 0. The summed E-state index contributed by atoms with van der Waals surface area (Å²) in [7, 11) is 3.09. The molecule has 4 heteroatoms. The molecule has 0 aliphatic rings. The third-order valence-electron chi connectivity index (χ3n) is 2.62. The van der Waals surface area contributed by atoms with E-state index in [0.717, 1.165) is 0 Å². The van der Waals surface area contributed by atoms with Crippen molar-refractivity contribution in [3.63, 3.8) is 0 Å². The molecule has 0 N–H and O–H groups in total. The molecule has 0 unspecified atom stereocenters. The second-order valence-corrected chi connectivity index (χ2v) is 3.75. The highest BCUT2D eigenvalue weighted by atomic mass is 16.5. The minimum Gasteiger partial charge on any atom is -0.497 e. The normalized spacial score (nSPS) is 10.1. The van der Waals surface area contributed by atoms with E-state index in [9.17, 15) is 4.79 Å². The number of rotatable bonds is 5. The molecular weight excluding hydrogens is 232 g/mol. The Labute approximate surface area is 105 Å². The molecule has 0 bridgehead atoms. The number of ketones is 1. The summed E-state index contributed by atoms with van der Waals surface area (Å²) in [6.45, 7) is 0. The average Bonchev–Trinajstić information content (AvgIpc) is 2.90. The molecule has 2 aromatic rings. The van der Waals surface area contributed by atoms with Crippen LogP contribution in [-0.4, -0.2) is 20.0 Å². The molecule has 1 aromatic carbocycles. The topological polar surface area (TPSA) is 48.7 Å². The van der Waals surface area contributed by atoms with Gasteiger partial charge in [-0.1, -0.05) is 0 Å². The van der Waals surface area contributed by atoms with Crippen LogP contribution in [0.2, 0.25) is 0 Å². The maximum absolute atomic E-state index is 12.2. The molecule has 0 atom stereocenters. The van der Waals surface area contributed by atoms with Gasteiger partial charge in [-0.3, -0.25) is 4.79 Å². The summed E-state index contributed by atoms with van der Waals surface area (Å²) in [6.07, 6.45) is 1.75. The number of ether oxygens (including phenoxy) is 2. The van der Waals surface area contributed by atoms with E-state index in [2.05, 4.69) is 0 Å². The third-order valence-corrected chi connectivity index (χ3v) is 2.62. The number of Topliss-reactive ketones (excluding diaryl/α,β-unsaturated/α-hetero) is 1. The monoisotopic (exact) mass is 246 g/mol. The van der Waals surface area contributed by atoms with Crippen LogP contribution in [0, 0.1) is 0 Å². The fraction of sp³-hybridized carbons (Fsp3) is 0.214. The van der Waals surface area contributed by atoms with Gasteiger partial charge in [0.1, 0.15) is 17.3 Å². The van der Waals surface area contributed by atoms with Gasteiger partial charge >= 0.3 is 0 Å². The largest absolute Gasteiger partial charge is 0.497 e. The van der Waals surface area contributed by atoms with E-state index in [-0.39, 0.29) is 12.2 Å². The lowest BCUT2D eigenvalue weighted by Gasteiger charge is -2.08. The van der Waals surface area contributed by atoms with Gasteiger partial charge in [0.25, 0.3) is 0 Å². The van der Waals surface area contributed by atoms with Crippen LogP contribution in [0.25, 0.3) is 0 Å². The molecule has 2 rings (SSSR count). The van der Waals surface area contributed by atoms with Gasteiger partial charge in [0.05, 0.1) is 32.5 Å². The standard InChI is InChI=1S/C14H14O4/c1-16-10-5-6-14(17-2)12(8-10)13(15)9-11-4-3-7-18-11/h3-8H,9H2,1-2H3. The van der Waals surface area contributed by atoms with Crippen molar-refractivity contribution in [3.8, 4) is 11.5 Å². The van der Waals surface area contributed by atoms with E-state index in [1.165, 1.54) is 7.11 Å². The number of carbonyl (C=O) groups is 1. The maximum atomic E-state index is 12.2. The molecule has 0 saturated carbocycles. The fourth-order valence-corrected chi connectivity index (χ4v) is 1.70. The summed E-state index contributed by atoms with van der Waals surface area (Å²) in [5.74, 6) is 1.72.